The van der Waals surface area contributed by atoms with Crippen molar-refractivity contribution in [3.8, 4) is 16.5 Å². The van der Waals surface area contributed by atoms with Crippen LogP contribution in [0.5, 0.6) is 0 Å². The van der Waals surface area contributed by atoms with Gasteiger partial charge in [0.15, 0.2) is 0 Å². The zero-order valence-corrected chi connectivity index (χ0v) is 9.82. The molecule has 0 aliphatic carbocycles. The lowest BCUT2D eigenvalue weighted by molar-refractivity contribution is -0.116. The molecule has 2 rings (SSSR count). The molecular weight excluding hydrogens is 236 g/mol. The van der Waals surface area contributed by atoms with E-state index in [9.17, 15) is 4.79 Å². The van der Waals surface area contributed by atoms with Crippen LogP contribution >= 0.6 is 11.3 Å². The molecule has 0 radical (unpaired) electrons. The molecule has 0 aliphatic heterocycles. The van der Waals surface area contributed by atoms with Crippen molar-refractivity contribution in [2.45, 2.75) is 6.92 Å². The lowest BCUT2D eigenvalue weighted by Gasteiger charge is -1.93. The Kier molecular flexibility index (Phi) is 3.17. The molecule has 0 saturated carbocycles. The summed E-state index contributed by atoms with van der Waals surface area (Å²) in [7, 11) is 0. The van der Waals surface area contributed by atoms with Crippen LogP contribution in [0.2, 0.25) is 0 Å². The Morgan fingerprint density at radius 2 is 2.12 bits per heavy atom. The lowest BCUT2D eigenvalue weighted by Crippen LogP contribution is -1.95. The van der Waals surface area contributed by atoms with Gasteiger partial charge < -0.3 is 4.42 Å². The molecule has 2 aromatic rings. The molecule has 1 aromatic carbocycles. The maximum Gasteiger partial charge on any atom is 0.283 e. The quantitative estimate of drug-likeness (QED) is 0.773. The Bertz CT molecular complexity index is 647. The average molecular weight is 244 g/mol. The van der Waals surface area contributed by atoms with E-state index in [4.69, 9.17) is 9.68 Å². The first kappa shape index (κ1) is 11.3. The van der Waals surface area contributed by atoms with Crippen molar-refractivity contribution in [2.24, 2.45) is 4.99 Å². The number of hydrogen-bond donors (Lipinski definition) is 0. The first-order valence-corrected chi connectivity index (χ1v) is 5.67. The normalized spacial score (nSPS) is 11.2. The van der Waals surface area contributed by atoms with Crippen molar-refractivity contribution in [3.05, 3.63) is 41.0 Å². The van der Waals surface area contributed by atoms with Gasteiger partial charge in [-0.05, 0) is 5.56 Å². The number of rotatable bonds is 1. The first-order valence-electron chi connectivity index (χ1n) is 4.85. The number of carbonyl (C=O) groups excluding carboxylic acids is 1. The fraction of sp³-hybridized carbons (Fsp3) is 0.0833. The van der Waals surface area contributed by atoms with E-state index in [1.54, 1.807) is 0 Å². The highest BCUT2D eigenvalue weighted by atomic mass is 32.1. The number of nitriles is 1. The zero-order valence-electron chi connectivity index (χ0n) is 9.01. The maximum atomic E-state index is 10.9. The van der Waals surface area contributed by atoms with Gasteiger partial charge in [0.2, 0.25) is 11.7 Å². The van der Waals surface area contributed by atoms with Gasteiger partial charge in [-0.25, -0.2) is 0 Å². The van der Waals surface area contributed by atoms with Crippen molar-refractivity contribution in [3.63, 3.8) is 0 Å². The molecule has 17 heavy (non-hydrogen) atoms. The third-order valence-electron chi connectivity index (χ3n) is 1.97. The summed E-state index contributed by atoms with van der Waals surface area (Å²) >= 11 is 1.19. The number of nitrogens with zero attached hydrogens (tertiary/aromatic N) is 2. The van der Waals surface area contributed by atoms with Crippen LogP contribution in [0.15, 0.2) is 39.7 Å². The highest BCUT2D eigenvalue weighted by molar-refractivity contribution is 7.12. The van der Waals surface area contributed by atoms with Gasteiger partial charge in [-0.3, -0.25) is 4.79 Å². The van der Waals surface area contributed by atoms with E-state index in [1.807, 2.05) is 36.4 Å². The Hall–Kier alpha value is -2.19. The highest BCUT2D eigenvalue weighted by Crippen LogP contribution is 2.25. The Balaban J connectivity index is 2.60. The molecule has 0 bridgehead atoms. The Morgan fingerprint density at radius 1 is 1.41 bits per heavy atom. The van der Waals surface area contributed by atoms with Crippen LogP contribution in [0, 0.1) is 11.3 Å². The molecule has 1 heterocycles. The van der Waals surface area contributed by atoms with Gasteiger partial charge in [-0.1, -0.05) is 41.7 Å². The van der Waals surface area contributed by atoms with Crippen LogP contribution in [0.3, 0.4) is 0 Å². The summed E-state index contributed by atoms with van der Waals surface area (Å²) in [6.45, 7) is 1.34. The topological polar surface area (TPSA) is 66.4 Å². The number of carbonyl (C=O) groups is 1. The van der Waals surface area contributed by atoms with Gasteiger partial charge in [0.05, 0.1) is 4.88 Å². The molecule has 0 saturated heterocycles. The van der Waals surface area contributed by atoms with E-state index in [1.165, 1.54) is 18.3 Å². The first-order chi connectivity index (χ1) is 8.20. The fourth-order valence-electron chi connectivity index (χ4n) is 1.32. The van der Waals surface area contributed by atoms with Gasteiger partial charge >= 0.3 is 0 Å². The predicted molar refractivity (Wildman–Crippen MR) is 63.0 cm³/mol. The number of hydrogen-bond acceptors (Lipinski definition) is 4. The van der Waals surface area contributed by atoms with E-state index in [2.05, 4.69) is 4.99 Å². The van der Waals surface area contributed by atoms with E-state index >= 15 is 0 Å². The standard InChI is InChI=1S/C12H8N2O2S/c1-8(15)14-12-16-10(7-13)11(17-12)9-5-3-2-4-6-9/h2-6H,1H3. The minimum atomic E-state index is -0.348. The monoisotopic (exact) mass is 244 g/mol. The van der Waals surface area contributed by atoms with Crippen LogP contribution in [0.25, 0.3) is 10.4 Å². The summed E-state index contributed by atoms with van der Waals surface area (Å²) in [5, 5.41) is 8.96. The smallest absolute Gasteiger partial charge is 0.283 e. The van der Waals surface area contributed by atoms with Gasteiger partial charge in [0, 0.05) is 6.92 Å². The SMILES string of the molecule is CC(=O)N=c1oc(C#N)c(-c2ccccc2)s1. The summed E-state index contributed by atoms with van der Waals surface area (Å²) in [4.78, 5) is 15.4. The maximum absolute atomic E-state index is 10.9. The van der Waals surface area contributed by atoms with Crippen molar-refractivity contribution in [2.75, 3.05) is 0 Å². The van der Waals surface area contributed by atoms with Crippen molar-refractivity contribution in [1.29, 1.82) is 5.26 Å². The summed E-state index contributed by atoms with van der Waals surface area (Å²) < 4.78 is 5.20. The lowest BCUT2D eigenvalue weighted by atomic mass is 10.2. The van der Waals surface area contributed by atoms with Crippen LogP contribution in [-0.2, 0) is 4.79 Å². The van der Waals surface area contributed by atoms with Crippen molar-refractivity contribution in [1.82, 2.24) is 0 Å². The molecule has 0 fully saturated rings. The molecule has 0 aliphatic rings. The Morgan fingerprint density at radius 3 is 2.71 bits per heavy atom. The molecule has 0 N–H and O–H groups in total. The second-order valence-electron chi connectivity index (χ2n) is 3.24. The number of benzene rings is 1. The van der Waals surface area contributed by atoms with Gasteiger partial charge in [0.1, 0.15) is 6.07 Å². The van der Waals surface area contributed by atoms with Crippen LogP contribution in [0.4, 0.5) is 0 Å². The molecule has 4 nitrogen and oxygen atoms in total. The summed E-state index contributed by atoms with van der Waals surface area (Å²) in [5.74, 6) is -0.166. The second-order valence-corrected chi connectivity index (χ2v) is 4.20. The van der Waals surface area contributed by atoms with Crippen molar-refractivity contribution >= 4 is 17.2 Å². The van der Waals surface area contributed by atoms with Gasteiger partial charge in [-0.2, -0.15) is 10.3 Å². The fourth-order valence-corrected chi connectivity index (χ4v) is 2.22. The molecule has 5 heteroatoms. The highest BCUT2D eigenvalue weighted by Gasteiger charge is 2.11. The molecule has 0 spiro atoms. The molecule has 1 aromatic heterocycles. The van der Waals surface area contributed by atoms with E-state index < -0.39 is 0 Å². The van der Waals surface area contributed by atoms with Crippen molar-refractivity contribution < 1.29 is 9.21 Å². The van der Waals surface area contributed by atoms with E-state index in [0.29, 0.717) is 4.88 Å². The van der Waals surface area contributed by atoms with E-state index in [-0.39, 0.29) is 16.5 Å². The average Bonchev–Trinajstić information content (AvgIpc) is 2.72. The van der Waals surface area contributed by atoms with E-state index in [0.717, 1.165) is 5.56 Å². The molecular formula is C12H8N2O2S. The Labute approximate surface area is 101 Å². The second kappa shape index (κ2) is 4.76. The zero-order chi connectivity index (χ0) is 12.3. The summed E-state index contributed by atoms with van der Waals surface area (Å²) in [6, 6.07) is 11.3. The number of amides is 1. The van der Waals surface area contributed by atoms with Gasteiger partial charge in [0.25, 0.3) is 4.87 Å². The summed E-state index contributed by atoms with van der Waals surface area (Å²) in [5.41, 5.74) is 0.878. The minimum Gasteiger partial charge on any atom is -0.418 e. The molecule has 0 unspecified atom stereocenters. The molecule has 84 valence electrons. The third-order valence-corrected chi connectivity index (χ3v) is 2.95. The largest absolute Gasteiger partial charge is 0.418 e. The van der Waals surface area contributed by atoms with Crippen LogP contribution < -0.4 is 4.87 Å². The summed E-state index contributed by atoms with van der Waals surface area (Å²) in [6.07, 6.45) is 0. The minimum absolute atomic E-state index is 0.182. The van der Waals surface area contributed by atoms with Gasteiger partial charge in [-0.15, -0.1) is 0 Å². The van der Waals surface area contributed by atoms with Crippen LogP contribution in [0.1, 0.15) is 12.7 Å². The van der Waals surface area contributed by atoms with Crippen LogP contribution in [-0.4, -0.2) is 5.91 Å². The third kappa shape index (κ3) is 2.49. The molecule has 0 atom stereocenters. The predicted octanol–water partition coefficient (Wildman–Crippen LogP) is 2.33. The molecule has 1 amide bonds.